The largest absolute Gasteiger partial charge is 0.387 e. The van der Waals surface area contributed by atoms with Crippen LogP contribution in [0.4, 0.5) is 10.2 Å². The number of amides is 2. The van der Waals surface area contributed by atoms with E-state index in [1.165, 1.54) is 36.1 Å². The molecular formula is C25H26FN7O5. The van der Waals surface area contributed by atoms with Gasteiger partial charge in [0.25, 0.3) is 11.8 Å². The Morgan fingerprint density at radius 2 is 2.08 bits per heavy atom. The Kier molecular flexibility index (Phi) is 6.94. The van der Waals surface area contributed by atoms with Gasteiger partial charge >= 0.3 is 0 Å². The summed E-state index contributed by atoms with van der Waals surface area (Å²) in [5, 5.41) is 23.2. The molecule has 3 aromatic rings. The molecule has 1 aliphatic carbocycles. The summed E-state index contributed by atoms with van der Waals surface area (Å²) in [6, 6.07) is 5.54. The second kappa shape index (κ2) is 10.3. The number of hydrogen-bond donors (Lipinski definition) is 4. The van der Waals surface area contributed by atoms with E-state index >= 15 is 0 Å². The quantitative estimate of drug-likeness (QED) is 0.335. The van der Waals surface area contributed by atoms with Crippen LogP contribution in [0.3, 0.4) is 0 Å². The number of imidazole rings is 1. The van der Waals surface area contributed by atoms with E-state index in [-0.39, 0.29) is 46.9 Å². The summed E-state index contributed by atoms with van der Waals surface area (Å²) in [5.74, 6) is 4.40. The van der Waals surface area contributed by atoms with Crippen molar-refractivity contribution in [2.24, 2.45) is 0 Å². The third-order valence-electron chi connectivity index (χ3n) is 6.76. The molecule has 5 N–H and O–H groups in total. The maximum atomic E-state index is 13.7. The number of nitrogens with two attached hydrogens (primary N) is 1. The van der Waals surface area contributed by atoms with Crippen LogP contribution in [-0.4, -0.2) is 84.4 Å². The van der Waals surface area contributed by atoms with E-state index in [2.05, 4.69) is 32.1 Å². The number of aliphatic hydroxyl groups is 2. The number of benzene rings is 1. The first-order valence-corrected chi connectivity index (χ1v) is 12.1. The Labute approximate surface area is 216 Å². The first kappa shape index (κ1) is 25.5. The molecule has 0 spiro atoms. The van der Waals surface area contributed by atoms with Crippen LogP contribution in [0.15, 0.2) is 30.6 Å². The lowest BCUT2D eigenvalue weighted by Gasteiger charge is -2.36. The third-order valence-corrected chi connectivity index (χ3v) is 6.76. The number of carbonyl (C=O) groups excluding carboxylic acids is 2. The molecule has 2 aliphatic rings. The fraction of sp³-hybridized carbons (Fsp3) is 0.400. The van der Waals surface area contributed by atoms with Gasteiger partial charge in [-0.15, -0.1) is 0 Å². The Bertz CT molecular complexity index is 1450. The van der Waals surface area contributed by atoms with Crippen molar-refractivity contribution in [1.29, 1.82) is 0 Å². The van der Waals surface area contributed by atoms with Crippen LogP contribution in [0.1, 0.15) is 41.7 Å². The molecule has 2 fully saturated rings. The van der Waals surface area contributed by atoms with Crippen molar-refractivity contribution in [3.63, 3.8) is 0 Å². The number of likely N-dealkylation sites (N-methyl/N-ethyl adjacent to an activating group) is 1. The van der Waals surface area contributed by atoms with Crippen molar-refractivity contribution < 1.29 is 28.9 Å². The van der Waals surface area contributed by atoms with Gasteiger partial charge in [-0.25, -0.2) is 19.3 Å². The SMILES string of the molecule is CNC(=O)C1OC(n2cnc3c(N)nc(C#CCN(C(=O)c4cccc(F)c4)C4CCC4)nc32)[C@H](O)[C@@H]1O. The summed E-state index contributed by atoms with van der Waals surface area (Å²) in [6.45, 7) is 0.0744. The number of carbonyl (C=O) groups is 2. The number of halogens is 1. The van der Waals surface area contributed by atoms with E-state index in [9.17, 15) is 24.2 Å². The van der Waals surface area contributed by atoms with Crippen LogP contribution >= 0.6 is 0 Å². The van der Waals surface area contributed by atoms with Gasteiger partial charge in [0.05, 0.1) is 12.9 Å². The molecule has 5 rings (SSSR count). The van der Waals surface area contributed by atoms with Crippen molar-refractivity contribution in [2.75, 3.05) is 19.3 Å². The number of ether oxygens (including phenoxy) is 1. The zero-order chi connectivity index (χ0) is 27.0. The van der Waals surface area contributed by atoms with Gasteiger partial charge in [0.15, 0.2) is 23.8 Å². The van der Waals surface area contributed by atoms with Gasteiger partial charge in [-0.2, -0.15) is 0 Å². The van der Waals surface area contributed by atoms with Gasteiger partial charge in [0.1, 0.15) is 23.5 Å². The van der Waals surface area contributed by atoms with Crippen molar-refractivity contribution in [3.8, 4) is 11.8 Å². The number of hydrogen-bond acceptors (Lipinski definition) is 9. The van der Waals surface area contributed by atoms with Gasteiger partial charge < -0.3 is 30.9 Å². The highest BCUT2D eigenvalue weighted by Gasteiger charge is 2.47. The average Bonchev–Trinajstić information content (AvgIpc) is 3.42. The minimum Gasteiger partial charge on any atom is -0.387 e. The molecule has 13 heteroatoms. The zero-order valence-electron chi connectivity index (χ0n) is 20.4. The van der Waals surface area contributed by atoms with Crippen molar-refractivity contribution >= 4 is 28.8 Å². The normalized spacial score (nSPS) is 22.9. The lowest BCUT2D eigenvalue weighted by atomic mass is 9.91. The first-order chi connectivity index (χ1) is 18.3. The minimum absolute atomic E-state index is 0.00987. The van der Waals surface area contributed by atoms with Crippen LogP contribution in [0.2, 0.25) is 0 Å². The average molecular weight is 524 g/mol. The fourth-order valence-corrected chi connectivity index (χ4v) is 4.48. The number of nitrogens with one attached hydrogen (secondary N) is 1. The lowest BCUT2D eigenvalue weighted by Crippen LogP contribution is -2.44. The predicted octanol–water partition coefficient (Wildman–Crippen LogP) is -0.0408. The molecule has 0 radical (unpaired) electrons. The molecular weight excluding hydrogens is 497 g/mol. The molecule has 2 unspecified atom stereocenters. The summed E-state index contributed by atoms with van der Waals surface area (Å²) < 4.78 is 20.6. The van der Waals surface area contributed by atoms with Gasteiger partial charge in [0.2, 0.25) is 5.82 Å². The van der Waals surface area contributed by atoms with Crippen LogP contribution in [0, 0.1) is 17.7 Å². The Morgan fingerprint density at radius 3 is 2.76 bits per heavy atom. The summed E-state index contributed by atoms with van der Waals surface area (Å²) in [6.07, 6.45) is -1.37. The van der Waals surface area contributed by atoms with Gasteiger partial charge in [0, 0.05) is 18.7 Å². The fourth-order valence-electron chi connectivity index (χ4n) is 4.48. The Morgan fingerprint density at radius 1 is 1.29 bits per heavy atom. The molecule has 0 bridgehead atoms. The number of anilines is 1. The molecule has 3 heterocycles. The van der Waals surface area contributed by atoms with Crippen molar-refractivity contribution in [1.82, 2.24) is 29.7 Å². The van der Waals surface area contributed by atoms with Gasteiger partial charge in [-0.3, -0.25) is 14.2 Å². The number of nitrogen functional groups attached to an aromatic ring is 1. The van der Waals surface area contributed by atoms with E-state index in [0.29, 0.717) is 0 Å². The zero-order valence-corrected chi connectivity index (χ0v) is 20.4. The highest BCUT2D eigenvalue weighted by molar-refractivity contribution is 5.94. The molecule has 198 valence electrons. The molecule has 2 amide bonds. The summed E-state index contributed by atoms with van der Waals surface area (Å²) in [4.78, 5) is 39.4. The molecule has 1 aromatic carbocycles. The van der Waals surface area contributed by atoms with E-state index in [1.54, 1.807) is 11.0 Å². The lowest BCUT2D eigenvalue weighted by molar-refractivity contribution is -0.137. The van der Waals surface area contributed by atoms with Crippen LogP contribution < -0.4 is 11.1 Å². The molecule has 2 aromatic heterocycles. The summed E-state index contributed by atoms with van der Waals surface area (Å²) in [7, 11) is 1.39. The maximum Gasteiger partial charge on any atom is 0.254 e. The number of fused-ring (bicyclic) bond motifs is 1. The smallest absolute Gasteiger partial charge is 0.254 e. The molecule has 12 nitrogen and oxygen atoms in total. The van der Waals surface area contributed by atoms with Gasteiger partial charge in [-0.05, 0) is 43.4 Å². The van der Waals surface area contributed by atoms with E-state index in [1.807, 2.05) is 0 Å². The van der Waals surface area contributed by atoms with E-state index < -0.39 is 36.3 Å². The molecule has 4 atom stereocenters. The summed E-state index contributed by atoms with van der Waals surface area (Å²) in [5.41, 5.74) is 6.72. The minimum atomic E-state index is -1.47. The predicted molar refractivity (Wildman–Crippen MR) is 132 cm³/mol. The van der Waals surface area contributed by atoms with E-state index in [0.717, 1.165) is 19.3 Å². The highest BCUT2D eigenvalue weighted by atomic mass is 19.1. The molecule has 1 saturated heterocycles. The van der Waals surface area contributed by atoms with Crippen LogP contribution in [-0.2, 0) is 9.53 Å². The topological polar surface area (TPSA) is 169 Å². The second-order valence-corrected chi connectivity index (χ2v) is 9.13. The monoisotopic (exact) mass is 523 g/mol. The van der Waals surface area contributed by atoms with Crippen molar-refractivity contribution in [3.05, 3.63) is 47.8 Å². The molecule has 38 heavy (non-hydrogen) atoms. The van der Waals surface area contributed by atoms with E-state index in [4.69, 9.17) is 10.5 Å². The summed E-state index contributed by atoms with van der Waals surface area (Å²) >= 11 is 0. The second-order valence-electron chi connectivity index (χ2n) is 9.13. The van der Waals surface area contributed by atoms with Crippen LogP contribution in [0.5, 0.6) is 0 Å². The van der Waals surface area contributed by atoms with Gasteiger partial charge in [-0.1, -0.05) is 12.0 Å². The molecule has 1 saturated carbocycles. The number of aliphatic hydroxyl groups excluding tert-OH is 2. The number of aromatic nitrogens is 4. The third kappa shape index (κ3) is 4.65. The standard InChI is InChI=1S/C25H26FN7O5/c1-28-23(36)20-18(34)19(35)25(38-20)33-12-29-17-21(27)30-16(31-22(17)33)9-4-10-32(15-7-3-8-15)24(37)13-5-2-6-14(26)11-13/h2,5-6,11-12,15,18-20,25,34-35H,3,7-8,10H2,1H3,(H,28,36)(H2,27,30,31)/t18-,19+,20?,25?/m0/s1. The Balaban J connectivity index is 1.41. The Hall–Kier alpha value is -4.12. The van der Waals surface area contributed by atoms with Crippen molar-refractivity contribution in [2.45, 2.75) is 49.8 Å². The first-order valence-electron chi connectivity index (χ1n) is 12.1. The number of nitrogens with zero attached hydrogens (tertiary/aromatic N) is 5. The maximum absolute atomic E-state index is 13.7. The van der Waals surface area contributed by atoms with Crippen LogP contribution in [0.25, 0.3) is 11.2 Å². The number of rotatable bonds is 5. The highest BCUT2D eigenvalue weighted by Crippen LogP contribution is 2.32. The molecule has 1 aliphatic heterocycles.